The van der Waals surface area contributed by atoms with Crippen molar-refractivity contribution in [1.29, 1.82) is 0 Å². The van der Waals surface area contributed by atoms with Crippen molar-refractivity contribution < 1.29 is 0 Å². The summed E-state index contributed by atoms with van der Waals surface area (Å²) in [6, 6.07) is 1.44. The second kappa shape index (κ2) is 6.80. The van der Waals surface area contributed by atoms with E-state index in [-0.39, 0.29) is 0 Å². The molecule has 0 aliphatic heterocycles. The summed E-state index contributed by atoms with van der Waals surface area (Å²) < 4.78 is 0. The molecular formula is C13H27NS. The molecule has 0 aromatic heterocycles. The first-order chi connectivity index (χ1) is 7.15. The van der Waals surface area contributed by atoms with E-state index >= 15 is 0 Å². The summed E-state index contributed by atoms with van der Waals surface area (Å²) in [4.78, 5) is 0. The van der Waals surface area contributed by atoms with Crippen LogP contribution in [0, 0.1) is 11.8 Å². The van der Waals surface area contributed by atoms with Crippen molar-refractivity contribution in [1.82, 2.24) is 5.32 Å². The molecule has 0 aromatic rings. The summed E-state index contributed by atoms with van der Waals surface area (Å²) in [6.07, 6.45) is 4.22. The van der Waals surface area contributed by atoms with E-state index in [1.807, 2.05) is 11.8 Å². The third kappa shape index (κ3) is 4.36. The molecule has 4 unspecified atom stereocenters. The molecule has 1 rings (SSSR count). The minimum atomic E-state index is 0.674. The molecule has 1 fully saturated rings. The van der Waals surface area contributed by atoms with Gasteiger partial charge in [0, 0.05) is 17.8 Å². The topological polar surface area (TPSA) is 12.0 Å². The highest BCUT2D eigenvalue weighted by Crippen LogP contribution is 2.29. The van der Waals surface area contributed by atoms with Gasteiger partial charge in [-0.2, -0.15) is 11.8 Å². The second-order valence-electron chi connectivity index (χ2n) is 5.10. The molecule has 0 spiro atoms. The van der Waals surface area contributed by atoms with Crippen LogP contribution >= 0.6 is 11.8 Å². The van der Waals surface area contributed by atoms with E-state index in [2.05, 4.69) is 33.0 Å². The zero-order valence-corrected chi connectivity index (χ0v) is 11.6. The smallest absolute Gasteiger partial charge is 0.0132 e. The zero-order valence-electron chi connectivity index (χ0n) is 10.8. The van der Waals surface area contributed by atoms with Crippen molar-refractivity contribution in [2.24, 2.45) is 11.8 Å². The van der Waals surface area contributed by atoms with Crippen molar-refractivity contribution >= 4 is 11.8 Å². The van der Waals surface area contributed by atoms with Crippen LogP contribution in [0.15, 0.2) is 0 Å². The van der Waals surface area contributed by atoms with E-state index in [1.165, 1.54) is 30.8 Å². The normalized spacial score (nSPS) is 34.0. The summed E-state index contributed by atoms with van der Waals surface area (Å²) in [6.45, 7) is 9.39. The Bertz CT molecular complexity index is 172. The van der Waals surface area contributed by atoms with Crippen LogP contribution in [0.4, 0.5) is 0 Å². The van der Waals surface area contributed by atoms with Gasteiger partial charge in [-0.15, -0.1) is 0 Å². The Kier molecular flexibility index (Phi) is 6.06. The largest absolute Gasteiger partial charge is 0.310 e. The van der Waals surface area contributed by atoms with Gasteiger partial charge in [-0.1, -0.05) is 33.6 Å². The second-order valence-corrected chi connectivity index (χ2v) is 6.42. The van der Waals surface area contributed by atoms with Crippen LogP contribution in [0.5, 0.6) is 0 Å². The first-order valence-corrected chi connectivity index (χ1v) is 7.64. The standard InChI is InChI=1S/C13H27NS/c1-5-15-9-11(3)14-13-8-6-7-10(2)12(13)4/h10-14H,5-9H2,1-4H3. The van der Waals surface area contributed by atoms with Gasteiger partial charge in [0.1, 0.15) is 0 Å². The molecule has 0 saturated heterocycles. The van der Waals surface area contributed by atoms with Gasteiger partial charge in [-0.25, -0.2) is 0 Å². The highest BCUT2D eigenvalue weighted by Gasteiger charge is 2.27. The molecule has 1 saturated carbocycles. The van der Waals surface area contributed by atoms with E-state index in [9.17, 15) is 0 Å². The molecule has 15 heavy (non-hydrogen) atoms. The Morgan fingerprint density at radius 1 is 1.33 bits per heavy atom. The fraction of sp³-hybridized carbons (Fsp3) is 1.00. The Balaban J connectivity index is 2.29. The predicted molar refractivity (Wildman–Crippen MR) is 71.6 cm³/mol. The van der Waals surface area contributed by atoms with Crippen LogP contribution in [-0.4, -0.2) is 23.6 Å². The molecule has 0 aromatic carbocycles. The lowest BCUT2D eigenvalue weighted by atomic mass is 9.78. The lowest BCUT2D eigenvalue weighted by molar-refractivity contribution is 0.199. The van der Waals surface area contributed by atoms with Crippen molar-refractivity contribution in [2.45, 2.75) is 59.0 Å². The van der Waals surface area contributed by atoms with Crippen LogP contribution in [-0.2, 0) is 0 Å². The van der Waals surface area contributed by atoms with Gasteiger partial charge in [0.2, 0.25) is 0 Å². The molecule has 1 aliphatic rings. The quantitative estimate of drug-likeness (QED) is 0.774. The Hall–Kier alpha value is 0.310. The maximum atomic E-state index is 3.81. The van der Waals surface area contributed by atoms with E-state index < -0.39 is 0 Å². The lowest BCUT2D eigenvalue weighted by Crippen LogP contribution is -2.45. The fourth-order valence-electron chi connectivity index (χ4n) is 2.53. The summed E-state index contributed by atoms with van der Waals surface area (Å²) in [5.74, 6) is 4.26. The first kappa shape index (κ1) is 13.4. The average Bonchev–Trinajstić information content (AvgIpc) is 2.22. The van der Waals surface area contributed by atoms with Crippen LogP contribution in [0.3, 0.4) is 0 Å². The number of thioether (sulfide) groups is 1. The summed E-state index contributed by atoms with van der Waals surface area (Å²) in [5.41, 5.74) is 0. The molecule has 1 aliphatic carbocycles. The van der Waals surface area contributed by atoms with Crippen LogP contribution < -0.4 is 5.32 Å². The Morgan fingerprint density at radius 3 is 2.73 bits per heavy atom. The average molecular weight is 229 g/mol. The van der Waals surface area contributed by atoms with Gasteiger partial charge in [-0.05, 0) is 30.9 Å². The third-order valence-electron chi connectivity index (χ3n) is 3.78. The van der Waals surface area contributed by atoms with Crippen molar-refractivity contribution in [3.05, 3.63) is 0 Å². The maximum absolute atomic E-state index is 3.81. The molecular weight excluding hydrogens is 202 g/mol. The Labute approximate surface area is 99.8 Å². The molecule has 0 heterocycles. The number of rotatable bonds is 5. The van der Waals surface area contributed by atoms with E-state index in [1.54, 1.807) is 0 Å². The van der Waals surface area contributed by atoms with Gasteiger partial charge in [-0.3, -0.25) is 0 Å². The van der Waals surface area contributed by atoms with Crippen molar-refractivity contribution in [3.63, 3.8) is 0 Å². The molecule has 0 amide bonds. The highest BCUT2D eigenvalue weighted by molar-refractivity contribution is 7.99. The van der Waals surface area contributed by atoms with E-state index in [4.69, 9.17) is 0 Å². The summed E-state index contributed by atoms with van der Waals surface area (Å²) >= 11 is 2.04. The third-order valence-corrected chi connectivity index (χ3v) is 4.92. The SMILES string of the molecule is CCSCC(C)NC1CCCC(C)C1C. The number of hydrogen-bond acceptors (Lipinski definition) is 2. The minimum Gasteiger partial charge on any atom is -0.310 e. The molecule has 4 atom stereocenters. The molecule has 90 valence electrons. The first-order valence-electron chi connectivity index (χ1n) is 6.49. The van der Waals surface area contributed by atoms with Crippen LogP contribution in [0.25, 0.3) is 0 Å². The molecule has 1 nitrogen and oxygen atoms in total. The van der Waals surface area contributed by atoms with Crippen molar-refractivity contribution in [3.8, 4) is 0 Å². The lowest BCUT2D eigenvalue weighted by Gasteiger charge is -2.36. The molecule has 2 heteroatoms. The van der Waals surface area contributed by atoms with E-state index in [0.717, 1.165) is 17.9 Å². The Morgan fingerprint density at radius 2 is 2.07 bits per heavy atom. The predicted octanol–water partition coefficient (Wildman–Crippen LogP) is 3.54. The van der Waals surface area contributed by atoms with Crippen molar-refractivity contribution in [2.75, 3.05) is 11.5 Å². The summed E-state index contributed by atoms with van der Waals surface area (Å²) in [7, 11) is 0. The fourth-order valence-corrected chi connectivity index (χ4v) is 3.21. The van der Waals surface area contributed by atoms with Crippen LogP contribution in [0.1, 0.15) is 47.0 Å². The maximum Gasteiger partial charge on any atom is 0.0132 e. The summed E-state index contributed by atoms with van der Waals surface area (Å²) in [5, 5.41) is 3.81. The minimum absolute atomic E-state index is 0.674. The zero-order chi connectivity index (χ0) is 11.3. The van der Waals surface area contributed by atoms with Crippen LogP contribution in [0.2, 0.25) is 0 Å². The molecule has 0 bridgehead atoms. The van der Waals surface area contributed by atoms with Gasteiger partial charge in [0.15, 0.2) is 0 Å². The molecule has 0 radical (unpaired) electrons. The molecule has 1 N–H and O–H groups in total. The van der Waals surface area contributed by atoms with Gasteiger partial charge in [0.25, 0.3) is 0 Å². The van der Waals surface area contributed by atoms with Gasteiger partial charge >= 0.3 is 0 Å². The number of hydrogen-bond donors (Lipinski definition) is 1. The number of nitrogens with one attached hydrogen (secondary N) is 1. The monoisotopic (exact) mass is 229 g/mol. The highest BCUT2D eigenvalue weighted by atomic mass is 32.2. The van der Waals surface area contributed by atoms with Gasteiger partial charge < -0.3 is 5.32 Å². The van der Waals surface area contributed by atoms with Gasteiger partial charge in [0.05, 0.1) is 0 Å². The van der Waals surface area contributed by atoms with E-state index in [0.29, 0.717) is 6.04 Å².